The average molecular weight is 442 g/mol. The summed E-state index contributed by atoms with van der Waals surface area (Å²) in [5.74, 6) is 2.37. The minimum Gasteiger partial charge on any atom is -0.261 e. The van der Waals surface area contributed by atoms with Gasteiger partial charge >= 0.3 is 0 Å². The summed E-state index contributed by atoms with van der Waals surface area (Å²) in [6.45, 7) is 32.7. The molecule has 0 radical (unpaired) electrons. The summed E-state index contributed by atoms with van der Waals surface area (Å²) < 4.78 is 0. The zero-order valence-electron chi connectivity index (χ0n) is 24.3. The van der Waals surface area contributed by atoms with Crippen LogP contribution in [0.3, 0.4) is 0 Å². The number of benzene rings is 1. The van der Waals surface area contributed by atoms with E-state index in [0.717, 1.165) is 6.42 Å². The van der Waals surface area contributed by atoms with Crippen molar-refractivity contribution in [2.24, 2.45) is 0 Å². The molecule has 0 amide bonds. The minimum atomic E-state index is 0.525. The second kappa shape index (κ2) is 16.9. The SMILES string of the molecule is CC.CC.CCc1cc(C)c(C(C)C)c(C(C)C)c1.Cc1ccnc(C(C)C)c1C(C)C. The predicted molar refractivity (Wildman–Crippen MR) is 149 cm³/mol. The maximum absolute atomic E-state index is 4.46. The Hall–Kier alpha value is -1.63. The maximum atomic E-state index is 4.46. The molecule has 0 atom stereocenters. The molecular formula is C31H55N. The number of aryl methyl sites for hydroxylation is 3. The van der Waals surface area contributed by atoms with Crippen LogP contribution in [0.25, 0.3) is 0 Å². The van der Waals surface area contributed by atoms with E-state index < -0.39 is 0 Å². The summed E-state index contributed by atoms with van der Waals surface area (Å²) in [5.41, 5.74) is 10.1. The van der Waals surface area contributed by atoms with Crippen molar-refractivity contribution in [1.29, 1.82) is 0 Å². The number of hydrogen-bond acceptors (Lipinski definition) is 1. The maximum Gasteiger partial charge on any atom is 0.0466 e. The first-order chi connectivity index (χ1) is 15.0. The number of rotatable bonds is 5. The van der Waals surface area contributed by atoms with E-state index in [1.54, 1.807) is 11.1 Å². The highest BCUT2D eigenvalue weighted by atomic mass is 14.7. The van der Waals surface area contributed by atoms with Crippen LogP contribution in [-0.2, 0) is 6.42 Å². The average Bonchev–Trinajstić information content (AvgIpc) is 2.75. The summed E-state index contributed by atoms with van der Waals surface area (Å²) in [4.78, 5) is 4.46. The molecule has 1 aromatic carbocycles. The lowest BCUT2D eigenvalue weighted by Crippen LogP contribution is -2.03. The number of pyridine rings is 1. The molecule has 0 aliphatic carbocycles. The zero-order valence-corrected chi connectivity index (χ0v) is 24.3. The van der Waals surface area contributed by atoms with Crippen molar-refractivity contribution in [2.75, 3.05) is 0 Å². The van der Waals surface area contributed by atoms with E-state index in [1.807, 2.05) is 33.9 Å². The molecule has 32 heavy (non-hydrogen) atoms. The third kappa shape index (κ3) is 9.88. The molecule has 0 unspecified atom stereocenters. The van der Waals surface area contributed by atoms with Gasteiger partial charge in [0.25, 0.3) is 0 Å². The first-order valence-electron chi connectivity index (χ1n) is 13.1. The molecule has 2 aromatic rings. The Morgan fingerprint density at radius 2 is 1.16 bits per heavy atom. The number of hydrogen-bond donors (Lipinski definition) is 0. The van der Waals surface area contributed by atoms with Gasteiger partial charge in [0.05, 0.1) is 0 Å². The molecule has 0 fully saturated rings. The Labute approximate surface area is 202 Å². The molecule has 1 nitrogen and oxygen atoms in total. The molecular weight excluding hydrogens is 386 g/mol. The lowest BCUT2D eigenvalue weighted by atomic mass is 9.85. The Kier molecular flexibility index (Phi) is 17.2. The molecule has 1 heterocycles. The Bertz CT molecular complexity index is 751. The number of nitrogens with zero attached hydrogens (tertiary/aromatic N) is 1. The molecule has 0 saturated carbocycles. The summed E-state index contributed by atoms with van der Waals surface area (Å²) in [5, 5.41) is 0. The first-order valence-corrected chi connectivity index (χ1v) is 13.1. The van der Waals surface area contributed by atoms with Crippen LogP contribution < -0.4 is 0 Å². The number of aromatic nitrogens is 1. The normalized spacial score (nSPS) is 10.3. The van der Waals surface area contributed by atoms with Gasteiger partial charge in [0.15, 0.2) is 0 Å². The van der Waals surface area contributed by atoms with E-state index in [-0.39, 0.29) is 0 Å². The van der Waals surface area contributed by atoms with E-state index in [9.17, 15) is 0 Å². The predicted octanol–water partition coefficient (Wildman–Crippen LogP) is 10.5. The molecule has 1 aromatic heterocycles. The monoisotopic (exact) mass is 441 g/mol. The second-order valence-electron chi connectivity index (χ2n) is 9.31. The lowest BCUT2D eigenvalue weighted by Gasteiger charge is -2.20. The molecule has 0 N–H and O–H groups in total. The van der Waals surface area contributed by atoms with Crippen molar-refractivity contribution in [3.8, 4) is 0 Å². The standard InChI is InChI=1S/C15H24.C12H19N.2C2H6/c1-7-13-8-12(6)15(11(4)5)14(9-13)10(2)3;1-8(2)11-10(5)6-7-13-12(11)9(3)4;2*1-2/h8-11H,7H2,1-6H3;6-9H,1-5H3;2*1-2H3. The van der Waals surface area contributed by atoms with Gasteiger partial charge in [-0.25, -0.2) is 0 Å². The highest BCUT2D eigenvalue weighted by molar-refractivity contribution is 5.42. The fourth-order valence-electron chi connectivity index (χ4n) is 4.18. The summed E-state index contributed by atoms with van der Waals surface area (Å²) in [6, 6.07) is 6.84. The third-order valence-electron chi connectivity index (χ3n) is 5.45. The molecule has 0 aliphatic heterocycles. The molecule has 1 heteroatoms. The van der Waals surface area contributed by atoms with Crippen LogP contribution in [0.5, 0.6) is 0 Å². The molecule has 0 aliphatic rings. The van der Waals surface area contributed by atoms with Crippen molar-refractivity contribution in [1.82, 2.24) is 4.98 Å². The highest BCUT2D eigenvalue weighted by Gasteiger charge is 2.14. The highest BCUT2D eigenvalue weighted by Crippen LogP contribution is 2.30. The van der Waals surface area contributed by atoms with Gasteiger partial charge in [-0.05, 0) is 83.4 Å². The van der Waals surface area contributed by atoms with Crippen molar-refractivity contribution < 1.29 is 0 Å². The van der Waals surface area contributed by atoms with Crippen LogP contribution >= 0.6 is 0 Å². The van der Waals surface area contributed by atoms with Gasteiger partial charge in [-0.3, -0.25) is 4.98 Å². The molecule has 0 bridgehead atoms. The van der Waals surface area contributed by atoms with Gasteiger partial charge in [-0.15, -0.1) is 0 Å². The van der Waals surface area contributed by atoms with Crippen LogP contribution in [-0.4, -0.2) is 4.98 Å². The van der Waals surface area contributed by atoms with E-state index in [4.69, 9.17) is 0 Å². The van der Waals surface area contributed by atoms with Crippen molar-refractivity contribution in [2.45, 2.75) is 134 Å². The van der Waals surface area contributed by atoms with Gasteiger partial charge in [-0.1, -0.05) is 102 Å². The first kappa shape index (κ1) is 32.5. The van der Waals surface area contributed by atoms with E-state index in [1.165, 1.54) is 27.9 Å². The Morgan fingerprint density at radius 3 is 1.50 bits per heavy atom. The van der Waals surface area contributed by atoms with E-state index in [0.29, 0.717) is 23.7 Å². The van der Waals surface area contributed by atoms with Gasteiger partial charge in [0.1, 0.15) is 0 Å². The fourth-order valence-corrected chi connectivity index (χ4v) is 4.18. The van der Waals surface area contributed by atoms with Gasteiger partial charge in [-0.2, -0.15) is 0 Å². The fraction of sp³-hybridized carbons (Fsp3) is 0.645. The van der Waals surface area contributed by atoms with Crippen LogP contribution in [0.2, 0.25) is 0 Å². The molecule has 184 valence electrons. The Balaban J connectivity index is 0. The largest absolute Gasteiger partial charge is 0.261 e. The third-order valence-corrected chi connectivity index (χ3v) is 5.45. The van der Waals surface area contributed by atoms with Gasteiger partial charge in [0, 0.05) is 11.9 Å². The van der Waals surface area contributed by atoms with Crippen LogP contribution in [0.4, 0.5) is 0 Å². The molecule has 2 rings (SSSR count). The lowest BCUT2D eigenvalue weighted by molar-refractivity contribution is 0.751. The second-order valence-corrected chi connectivity index (χ2v) is 9.31. The Morgan fingerprint density at radius 1 is 0.656 bits per heavy atom. The summed E-state index contributed by atoms with van der Waals surface area (Å²) >= 11 is 0. The van der Waals surface area contributed by atoms with E-state index >= 15 is 0 Å². The molecule has 0 saturated heterocycles. The van der Waals surface area contributed by atoms with Crippen LogP contribution in [0, 0.1) is 13.8 Å². The van der Waals surface area contributed by atoms with Crippen molar-refractivity contribution in [3.05, 3.63) is 63.5 Å². The van der Waals surface area contributed by atoms with Crippen molar-refractivity contribution in [3.63, 3.8) is 0 Å². The van der Waals surface area contributed by atoms with Crippen LogP contribution in [0.15, 0.2) is 24.4 Å². The smallest absolute Gasteiger partial charge is 0.0466 e. The topological polar surface area (TPSA) is 12.9 Å². The van der Waals surface area contributed by atoms with E-state index in [2.05, 4.69) is 99.3 Å². The van der Waals surface area contributed by atoms with Crippen molar-refractivity contribution >= 4 is 0 Å². The molecule has 0 spiro atoms. The van der Waals surface area contributed by atoms with Gasteiger partial charge in [0.2, 0.25) is 0 Å². The minimum absolute atomic E-state index is 0.525. The zero-order chi connectivity index (χ0) is 25.6. The summed E-state index contributed by atoms with van der Waals surface area (Å²) in [6.07, 6.45) is 3.05. The van der Waals surface area contributed by atoms with Gasteiger partial charge < -0.3 is 0 Å². The summed E-state index contributed by atoms with van der Waals surface area (Å²) in [7, 11) is 0. The van der Waals surface area contributed by atoms with Crippen LogP contribution in [0.1, 0.15) is 153 Å². The quantitative estimate of drug-likeness (QED) is 0.449.